The Balaban J connectivity index is 1.98. The summed E-state index contributed by atoms with van der Waals surface area (Å²) in [6.45, 7) is 12.8. The molecule has 0 saturated carbocycles. The Kier molecular flexibility index (Phi) is 8.50. The van der Waals surface area contributed by atoms with E-state index in [9.17, 15) is 9.90 Å². The van der Waals surface area contributed by atoms with E-state index in [0.717, 1.165) is 46.4 Å². The van der Waals surface area contributed by atoms with E-state index in [1.54, 1.807) is 11.3 Å². The number of anilines is 3. The van der Waals surface area contributed by atoms with Gasteiger partial charge in [0.15, 0.2) is 5.13 Å². The van der Waals surface area contributed by atoms with Crippen molar-refractivity contribution >= 4 is 33.8 Å². The summed E-state index contributed by atoms with van der Waals surface area (Å²) in [6.07, 6.45) is 0.107. The predicted octanol–water partition coefficient (Wildman–Crippen LogP) is 7.25. The number of carboxylic acid groups (broad SMARTS) is 1. The number of nitrogens with zero attached hydrogens (tertiary/aromatic N) is 2. The summed E-state index contributed by atoms with van der Waals surface area (Å²) in [5, 5.41) is 15.7. The van der Waals surface area contributed by atoms with Crippen LogP contribution in [0.1, 0.15) is 52.5 Å². The number of benzene rings is 2. The van der Waals surface area contributed by atoms with Gasteiger partial charge in [-0.1, -0.05) is 71.0 Å². The van der Waals surface area contributed by atoms with Crippen molar-refractivity contribution in [3.8, 4) is 11.3 Å². The van der Waals surface area contributed by atoms with Crippen LogP contribution in [0.25, 0.3) is 11.3 Å². The average molecular weight is 466 g/mol. The fourth-order valence-corrected chi connectivity index (χ4v) is 4.69. The fourth-order valence-electron chi connectivity index (χ4n) is 3.96. The van der Waals surface area contributed by atoms with Gasteiger partial charge in [-0.3, -0.25) is 4.79 Å². The first kappa shape index (κ1) is 24.8. The van der Waals surface area contributed by atoms with Crippen LogP contribution in [-0.2, 0) is 4.79 Å². The molecule has 33 heavy (non-hydrogen) atoms. The highest BCUT2D eigenvalue weighted by Gasteiger charge is 2.18. The van der Waals surface area contributed by atoms with Crippen molar-refractivity contribution in [2.45, 2.75) is 47.0 Å². The molecule has 0 spiro atoms. The molecule has 2 aromatic carbocycles. The largest absolute Gasteiger partial charge is 0.481 e. The first-order valence-corrected chi connectivity index (χ1v) is 12.5. The van der Waals surface area contributed by atoms with Crippen molar-refractivity contribution in [2.24, 2.45) is 11.8 Å². The number of nitrogens with one attached hydrogen (secondary N) is 1. The maximum Gasteiger partial charge on any atom is 0.303 e. The molecule has 0 amide bonds. The van der Waals surface area contributed by atoms with Crippen molar-refractivity contribution in [3.05, 3.63) is 59.5 Å². The maximum absolute atomic E-state index is 11.3. The van der Waals surface area contributed by atoms with Crippen LogP contribution < -0.4 is 10.2 Å². The summed E-state index contributed by atoms with van der Waals surface area (Å²) in [7, 11) is 0. The van der Waals surface area contributed by atoms with E-state index in [2.05, 4.69) is 73.6 Å². The molecule has 0 aliphatic heterocycles. The number of carboxylic acids is 1. The molecule has 3 rings (SSSR count). The van der Waals surface area contributed by atoms with Crippen molar-refractivity contribution in [1.82, 2.24) is 4.98 Å². The highest BCUT2D eigenvalue weighted by Crippen LogP contribution is 2.36. The van der Waals surface area contributed by atoms with Gasteiger partial charge >= 0.3 is 5.97 Å². The summed E-state index contributed by atoms with van der Waals surface area (Å²) in [5.74, 6) is 0.185. The van der Waals surface area contributed by atoms with Crippen LogP contribution in [0.4, 0.5) is 16.5 Å². The Morgan fingerprint density at radius 2 is 1.70 bits per heavy atom. The summed E-state index contributed by atoms with van der Waals surface area (Å²) >= 11 is 1.58. The molecule has 1 unspecified atom stereocenters. The number of hydrogen-bond acceptors (Lipinski definition) is 5. The van der Waals surface area contributed by atoms with Gasteiger partial charge < -0.3 is 15.3 Å². The van der Waals surface area contributed by atoms with Crippen LogP contribution in [0, 0.1) is 11.8 Å². The molecule has 3 aromatic rings. The monoisotopic (exact) mass is 465 g/mol. The van der Waals surface area contributed by atoms with Crippen molar-refractivity contribution in [2.75, 3.05) is 23.3 Å². The zero-order chi connectivity index (χ0) is 24.0. The van der Waals surface area contributed by atoms with E-state index in [1.165, 1.54) is 0 Å². The fraction of sp³-hybridized carbons (Fsp3) is 0.407. The molecular weight excluding hydrogens is 430 g/mol. The molecule has 176 valence electrons. The highest BCUT2D eigenvalue weighted by molar-refractivity contribution is 7.14. The molecule has 0 radical (unpaired) electrons. The molecule has 0 fully saturated rings. The van der Waals surface area contributed by atoms with E-state index in [-0.39, 0.29) is 12.3 Å². The lowest BCUT2D eigenvalue weighted by atomic mass is 9.96. The topological polar surface area (TPSA) is 65.5 Å². The second-order valence-corrected chi connectivity index (χ2v) is 10.4. The van der Waals surface area contributed by atoms with E-state index in [0.29, 0.717) is 11.8 Å². The minimum atomic E-state index is -0.783. The molecule has 2 N–H and O–H groups in total. The van der Waals surface area contributed by atoms with Gasteiger partial charge in [-0.15, -0.1) is 11.3 Å². The van der Waals surface area contributed by atoms with Gasteiger partial charge in [0.05, 0.1) is 23.5 Å². The van der Waals surface area contributed by atoms with Gasteiger partial charge in [0, 0.05) is 24.0 Å². The number of aromatic nitrogens is 1. The molecule has 0 aliphatic carbocycles. The molecule has 0 aliphatic rings. The summed E-state index contributed by atoms with van der Waals surface area (Å²) < 4.78 is 0. The maximum atomic E-state index is 11.3. The van der Waals surface area contributed by atoms with E-state index in [4.69, 9.17) is 4.98 Å². The van der Waals surface area contributed by atoms with Gasteiger partial charge in [-0.2, -0.15) is 0 Å². The quantitative estimate of drug-likeness (QED) is 0.312. The van der Waals surface area contributed by atoms with Crippen molar-refractivity contribution in [1.29, 1.82) is 0 Å². The van der Waals surface area contributed by atoms with Gasteiger partial charge in [0.1, 0.15) is 0 Å². The Morgan fingerprint density at radius 3 is 2.30 bits per heavy atom. The van der Waals surface area contributed by atoms with Crippen molar-refractivity contribution in [3.63, 3.8) is 0 Å². The Hall–Kier alpha value is -2.86. The average Bonchev–Trinajstić information content (AvgIpc) is 3.21. The smallest absolute Gasteiger partial charge is 0.303 e. The van der Waals surface area contributed by atoms with Crippen LogP contribution in [0.3, 0.4) is 0 Å². The van der Waals surface area contributed by atoms with Crippen LogP contribution in [-0.4, -0.2) is 29.1 Å². The minimum absolute atomic E-state index is 0.0723. The lowest BCUT2D eigenvalue weighted by molar-refractivity contribution is -0.137. The van der Waals surface area contributed by atoms with E-state index >= 15 is 0 Å². The van der Waals surface area contributed by atoms with Gasteiger partial charge in [-0.05, 0) is 35.4 Å². The van der Waals surface area contributed by atoms with E-state index in [1.807, 2.05) is 25.1 Å². The number of hydrogen-bond donors (Lipinski definition) is 2. The summed E-state index contributed by atoms with van der Waals surface area (Å²) in [4.78, 5) is 18.5. The molecule has 0 bridgehead atoms. The summed E-state index contributed by atoms with van der Waals surface area (Å²) in [6, 6.07) is 16.5. The second kappa shape index (κ2) is 11.3. The van der Waals surface area contributed by atoms with E-state index < -0.39 is 5.97 Å². The zero-order valence-electron chi connectivity index (χ0n) is 20.2. The molecule has 1 aromatic heterocycles. The predicted molar refractivity (Wildman–Crippen MR) is 140 cm³/mol. The van der Waals surface area contributed by atoms with Crippen LogP contribution >= 0.6 is 11.3 Å². The molecule has 0 saturated heterocycles. The minimum Gasteiger partial charge on any atom is -0.481 e. The van der Waals surface area contributed by atoms with Crippen LogP contribution in [0.2, 0.25) is 0 Å². The standard InChI is InChI=1S/C27H35N3O2S/c1-18(2)15-30(16-19(3)4)25-12-11-22(20(5)13-26(31)32)14-23(25)28-27-29-24(17-33-27)21-9-7-6-8-10-21/h6-12,14,17-20H,13,15-16H2,1-5H3,(H,28,29)(H,31,32). The number of carbonyl (C=O) groups is 1. The Morgan fingerprint density at radius 1 is 1.03 bits per heavy atom. The first-order valence-electron chi connectivity index (χ1n) is 11.6. The lowest BCUT2D eigenvalue weighted by Gasteiger charge is -2.31. The molecule has 1 heterocycles. The Labute approximate surface area is 201 Å². The SMILES string of the molecule is CC(C)CN(CC(C)C)c1ccc(C(C)CC(=O)O)cc1Nc1nc(-c2ccccc2)cs1. The summed E-state index contributed by atoms with van der Waals surface area (Å²) in [5.41, 5.74) is 5.14. The third kappa shape index (κ3) is 7.06. The second-order valence-electron chi connectivity index (χ2n) is 9.50. The molecule has 5 nitrogen and oxygen atoms in total. The first-order chi connectivity index (χ1) is 15.7. The third-order valence-electron chi connectivity index (χ3n) is 5.40. The number of rotatable bonds is 11. The van der Waals surface area contributed by atoms with Crippen molar-refractivity contribution < 1.29 is 9.90 Å². The number of aliphatic carboxylic acids is 1. The highest BCUT2D eigenvalue weighted by atomic mass is 32.1. The normalized spacial score (nSPS) is 12.2. The van der Waals surface area contributed by atoms with Gasteiger partial charge in [0.25, 0.3) is 0 Å². The third-order valence-corrected chi connectivity index (χ3v) is 6.16. The molecule has 1 atom stereocenters. The molecule has 6 heteroatoms. The number of thiazole rings is 1. The molecular formula is C27H35N3O2S. The van der Waals surface area contributed by atoms with Gasteiger partial charge in [-0.25, -0.2) is 4.98 Å². The van der Waals surface area contributed by atoms with Crippen LogP contribution in [0.15, 0.2) is 53.9 Å². The zero-order valence-corrected chi connectivity index (χ0v) is 21.0. The Bertz CT molecular complexity index is 1040. The lowest BCUT2D eigenvalue weighted by Crippen LogP contribution is -2.31. The van der Waals surface area contributed by atoms with Gasteiger partial charge in [0.2, 0.25) is 0 Å². The van der Waals surface area contributed by atoms with Crippen LogP contribution in [0.5, 0.6) is 0 Å².